The minimum Gasteiger partial charge on any atom is -0.433 e. The van der Waals surface area contributed by atoms with Crippen molar-refractivity contribution in [3.05, 3.63) is 48.0 Å². The van der Waals surface area contributed by atoms with Gasteiger partial charge in [-0.05, 0) is 51.2 Å². The molecule has 0 radical (unpaired) electrons. The first kappa shape index (κ1) is 23.9. The largest absolute Gasteiger partial charge is 0.433 e. The Labute approximate surface area is 198 Å². The van der Waals surface area contributed by atoms with Gasteiger partial charge in [0.15, 0.2) is 0 Å². The van der Waals surface area contributed by atoms with Crippen LogP contribution in [0.3, 0.4) is 0 Å². The number of piperidine rings is 1. The lowest BCUT2D eigenvalue weighted by Gasteiger charge is -2.43. The predicted molar refractivity (Wildman–Crippen MR) is 122 cm³/mol. The van der Waals surface area contributed by atoms with E-state index in [0.29, 0.717) is 31.4 Å². The van der Waals surface area contributed by atoms with E-state index in [-0.39, 0.29) is 30.2 Å². The molecule has 0 aromatic heterocycles. The van der Waals surface area contributed by atoms with Crippen molar-refractivity contribution in [1.82, 2.24) is 15.5 Å². The number of ether oxygens (including phenoxy) is 2. The number of cyclic esters (lactones) is 1. The van der Waals surface area contributed by atoms with Crippen molar-refractivity contribution in [1.29, 1.82) is 0 Å². The van der Waals surface area contributed by atoms with Crippen LogP contribution in [-0.4, -0.2) is 65.7 Å². The summed E-state index contributed by atoms with van der Waals surface area (Å²) >= 11 is 0. The molecule has 9 heteroatoms. The quantitative estimate of drug-likeness (QED) is 0.484. The van der Waals surface area contributed by atoms with Crippen LogP contribution in [0, 0.1) is 0 Å². The summed E-state index contributed by atoms with van der Waals surface area (Å²) in [5.74, 6) is -1.35. The van der Waals surface area contributed by atoms with Gasteiger partial charge in [0.05, 0.1) is 6.42 Å². The summed E-state index contributed by atoms with van der Waals surface area (Å²) < 4.78 is 10.6. The van der Waals surface area contributed by atoms with Crippen LogP contribution in [0.1, 0.15) is 55.8 Å². The smallest absolute Gasteiger partial charge is 0.310 e. The fourth-order valence-electron chi connectivity index (χ4n) is 4.87. The van der Waals surface area contributed by atoms with Crippen molar-refractivity contribution in [2.45, 2.75) is 75.9 Å². The number of esters is 1. The Morgan fingerprint density at radius 1 is 1.09 bits per heavy atom. The van der Waals surface area contributed by atoms with Crippen LogP contribution >= 0.6 is 0 Å². The van der Waals surface area contributed by atoms with Crippen molar-refractivity contribution >= 4 is 23.7 Å². The molecule has 34 heavy (non-hydrogen) atoms. The van der Waals surface area contributed by atoms with Gasteiger partial charge in [-0.15, -0.1) is 0 Å². The third-order valence-electron chi connectivity index (χ3n) is 6.51. The number of carbonyl (C=O) groups excluding carboxylic acids is 4. The van der Waals surface area contributed by atoms with E-state index in [1.165, 1.54) is 0 Å². The Balaban J connectivity index is 1.51. The lowest BCUT2D eigenvalue weighted by molar-refractivity contribution is -0.165. The number of benzene rings is 1. The third-order valence-corrected chi connectivity index (χ3v) is 6.51. The molecule has 182 valence electrons. The van der Waals surface area contributed by atoms with Gasteiger partial charge in [-0.3, -0.25) is 19.2 Å². The first-order valence-electron chi connectivity index (χ1n) is 11.9. The first-order chi connectivity index (χ1) is 16.5. The Hall–Kier alpha value is -3.20. The van der Waals surface area contributed by atoms with Crippen LogP contribution in [-0.2, 0) is 23.9 Å². The fraction of sp³-hybridized carbons (Fsp3) is 0.520. The monoisotopic (exact) mass is 469 g/mol. The minimum atomic E-state index is -0.829. The average molecular weight is 470 g/mol. The lowest BCUT2D eigenvalue weighted by atomic mass is 9.90. The van der Waals surface area contributed by atoms with Crippen molar-refractivity contribution in [3.8, 4) is 0 Å². The molecule has 3 aliphatic rings. The number of amides is 3. The first-order valence-corrected chi connectivity index (χ1v) is 11.9. The van der Waals surface area contributed by atoms with Crippen LogP contribution in [0.25, 0.3) is 0 Å². The van der Waals surface area contributed by atoms with Crippen LogP contribution in [0.5, 0.6) is 0 Å². The number of fused-ring (bicyclic) bond motifs is 1. The summed E-state index contributed by atoms with van der Waals surface area (Å²) in [6.45, 7) is 2.13. The highest BCUT2D eigenvalue weighted by molar-refractivity contribution is 5.98. The van der Waals surface area contributed by atoms with Crippen molar-refractivity contribution < 1.29 is 28.7 Å². The summed E-state index contributed by atoms with van der Waals surface area (Å²) in [6, 6.07) is 6.55. The van der Waals surface area contributed by atoms with E-state index in [4.69, 9.17) is 9.47 Å². The molecule has 3 heterocycles. The second-order valence-electron chi connectivity index (χ2n) is 8.81. The highest BCUT2D eigenvalue weighted by Crippen LogP contribution is 2.29. The molecule has 1 aromatic carbocycles. The molecule has 2 saturated heterocycles. The lowest BCUT2D eigenvalue weighted by Crippen LogP contribution is -2.62. The Bertz CT molecular complexity index is 949. The standard InChI is InChI=1S/C25H31N3O6/c1-2-33-25-19(15-21(29)34-25)27-23(31)20-14-8-12-17-11-6-7-13-18(24(32)28(17)20)26-22(30)16-9-4-3-5-10-16/h3-7,9-10,17-20,25H,2,8,11-15H2,1H3,(H,26,30)(H,27,31)/b7-6-/t17-,18-,19-,20-,25?/m0/s1. The number of nitrogens with zero attached hydrogens (tertiary/aromatic N) is 1. The van der Waals surface area contributed by atoms with E-state index < -0.39 is 30.4 Å². The number of carbonyl (C=O) groups is 4. The fourth-order valence-corrected chi connectivity index (χ4v) is 4.87. The molecular formula is C25H31N3O6. The Kier molecular flexibility index (Phi) is 7.62. The number of hydrogen-bond acceptors (Lipinski definition) is 6. The zero-order valence-electron chi connectivity index (χ0n) is 19.3. The molecule has 1 aromatic rings. The molecule has 0 aliphatic carbocycles. The zero-order chi connectivity index (χ0) is 24.1. The molecule has 1 unspecified atom stereocenters. The predicted octanol–water partition coefficient (Wildman–Crippen LogP) is 1.68. The number of hydrogen-bond donors (Lipinski definition) is 2. The second kappa shape index (κ2) is 10.8. The normalized spacial score (nSPS) is 29.9. The van der Waals surface area contributed by atoms with E-state index in [1.807, 2.05) is 18.2 Å². The molecule has 4 rings (SSSR count). The van der Waals surface area contributed by atoms with Gasteiger partial charge in [-0.1, -0.05) is 30.4 Å². The van der Waals surface area contributed by atoms with Crippen molar-refractivity contribution in [3.63, 3.8) is 0 Å². The molecule has 3 aliphatic heterocycles. The summed E-state index contributed by atoms with van der Waals surface area (Å²) in [6.07, 6.45) is 6.24. The highest BCUT2D eigenvalue weighted by atomic mass is 16.7. The van der Waals surface area contributed by atoms with E-state index in [2.05, 4.69) is 10.6 Å². The van der Waals surface area contributed by atoms with Crippen LogP contribution < -0.4 is 10.6 Å². The number of nitrogens with one attached hydrogen (secondary N) is 2. The Morgan fingerprint density at radius 2 is 1.85 bits per heavy atom. The molecule has 5 atom stereocenters. The van der Waals surface area contributed by atoms with Crippen molar-refractivity contribution in [2.75, 3.05) is 6.61 Å². The van der Waals surface area contributed by atoms with Gasteiger partial charge < -0.3 is 25.0 Å². The average Bonchev–Trinajstić information content (AvgIpc) is 3.18. The van der Waals surface area contributed by atoms with Gasteiger partial charge >= 0.3 is 5.97 Å². The van der Waals surface area contributed by atoms with Gasteiger partial charge in [0.2, 0.25) is 18.1 Å². The van der Waals surface area contributed by atoms with Crippen LogP contribution in [0.15, 0.2) is 42.5 Å². The topological polar surface area (TPSA) is 114 Å². The van der Waals surface area contributed by atoms with E-state index in [9.17, 15) is 19.2 Å². The maximum Gasteiger partial charge on any atom is 0.310 e. The summed E-state index contributed by atoms with van der Waals surface area (Å²) in [5.41, 5.74) is 0.471. The second-order valence-corrected chi connectivity index (χ2v) is 8.81. The summed E-state index contributed by atoms with van der Waals surface area (Å²) in [5, 5.41) is 5.73. The molecule has 0 bridgehead atoms. The van der Waals surface area contributed by atoms with E-state index in [1.54, 1.807) is 36.1 Å². The molecule has 9 nitrogen and oxygen atoms in total. The molecule has 2 fully saturated rings. The maximum atomic E-state index is 13.7. The zero-order valence-corrected chi connectivity index (χ0v) is 19.3. The highest BCUT2D eigenvalue weighted by Gasteiger charge is 2.43. The minimum absolute atomic E-state index is 0.0268. The van der Waals surface area contributed by atoms with Gasteiger partial charge in [0.25, 0.3) is 5.91 Å². The van der Waals surface area contributed by atoms with E-state index in [0.717, 1.165) is 12.8 Å². The molecule has 0 saturated carbocycles. The van der Waals surface area contributed by atoms with Gasteiger partial charge in [-0.25, -0.2) is 0 Å². The SMILES string of the molecule is CCOC1OC(=O)C[C@@H]1NC(=O)[C@@H]1CCC[C@@H]2C/C=C\C[C@H](NC(=O)c3ccccc3)C(=O)N21. The van der Waals surface area contributed by atoms with Crippen LogP contribution in [0.2, 0.25) is 0 Å². The number of rotatable bonds is 6. The van der Waals surface area contributed by atoms with Gasteiger partial charge in [0.1, 0.15) is 18.1 Å². The molecule has 3 amide bonds. The third kappa shape index (κ3) is 5.30. The summed E-state index contributed by atoms with van der Waals surface area (Å²) in [7, 11) is 0. The van der Waals surface area contributed by atoms with Crippen molar-refractivity contribution in [2.24, 2.45) is 0 Å². The van der Waals surface area contributed by atoms with Gasteiger partial charge in [-0.2, -0.15) is 0 Å². The maximum absolute atomic E-state index is 13.7. The molecule has 2 N–H and O–H groups in total. The van der Waals surface area contributed by atoms with Crippen LogP contribution in [0.4, 0.5) is 0 Å². The molecular weight excluding hydrogens is 438 g/mol. The summed E-state index contributed by atoms with van der Waals surface area (Å²) in [4.78, 5) is 53.1. The Morgan fingerprint density at radius 3 is 2.62 bits per heavy atom. The van der Waals surface area contributed by atoms with Gasteiger partial charge in [0, 0.05) is 18.2 Å². The van der Waals surface area contributed by atoms with E-state index >= 15 is 0 Å². The molecule has 0 spiro atoms.